The highest BCUT2D eigenvalue weighted by Gasteiger charge is 2.02. The van der Waals surface area contributed by atoms with Gasteiger partial charge in [-0.3, -0.25) is 4.79 Å². The number of halogens is 1. The highest BCUT2D eigenvalue weighted by molar-refractivity contribution is 5.66. The molecule has 3 heteroatoms. The van der Waals surface area contributed by atoms with E-state index >= 15 is 0 Å². The van der Waals surface area contributed by atoms with E-state index in [0.29, 0.717) is 18.4 Å². The molecule has 1 aromatic carbocycles. The van der Waals surface area contributed by atoms with Crippen LogP contribution in [0.25, 0.3) is 0 Å². The summed E-state index contributed by atoms with van der Waals surface area (Å²) in [5, 5.41) is 8.50. The molecule has 82 valence electrons. The van der Waals surface area contributed by atoms with Gasteiger partial charge in [-0.15, -0.1) is 0 Å². The molecular weight excluding hydrogens is 195 g/mol. The van der Waals surface area contributed by atoms with Crippen LogP contribution in [0.5, 0.6) is 0 Å². The quantitative estimate of drug-likeness (QED) is 0.811. The average Bonchev–Trinajstić information content (AvgIpc) is 2.20. The second kappa shape index (κ2) is 5.49. The van der Waals surface area contributed by atoms with Gasteiger partial charge in [0.1, 0.15) is 6.67 Å². The second-order valence-electron chi connectivity index (χ2n) is 3.64. The third-order valence-electron chi connectivity index (χ3n) is 2.40. The summed E-state index contributed by atoms with van der Waals surface area (Å²) in [5.74, 6) is -0.783. The number of aryl methyl sites for hydroxylation is 2. The van der Waals surface area contributed by atoms with Crippen molar-refractivity contribution in [2.24, 2.45) is 0 Å². The number of hydrogen-bond donors (Lipinski definition) is 1. The first-order valence-corrected chi connectivity index (χ1v) is 4.99. The Morgan fingerprint density at radius 1 is 1.47 bits per heavy atom. The van der Waals surface area contributed by atoms with Gasteiger partial charge in [-0.1, -0.05) is 18.2 Å². The molecule has 15 heavy (non-hydrogen) atoms. The van der Waals surface area contributed by atoms with Crippen LogP contribution in [0.3, 0.4) is 0 Å². The van der Waals surface area contributed by atoms with Crippen molar-refractivity contribution in [1.29, 1.82) is 0 Å². The normalized spacial score (nSPS) is 10.3. The summed E-state index contributed by atoms with van der Waals surface area (Å²) >= 11 is 0. The van der Waals surface area contributed by atoms with E-state index in [1.807, 2.05) is 19.1 Å². The monoisotopic (exact) mass is 210 g/mol. The summed E-state index contributed by atoms with van der Waals surface area (Å²) in [4.78, 5) is 10.3. The van der Waals surface area contributed by atoms with Crippen LogP contribution in [0.15, 0.2) is 18.2 Å². The largest absolute Gasteiger partial charge is 0.481 e. The van der Waals surface area contributed by atoms with Crippen molar-refractivity contribution < 1.29 is 14.3 Å². The molecule has 0 unspecified atom stereocenters. The minimum Gasteiger partial charge on any atom is -0.481 e. The minimum atomic E-state index is -0.783. The molecule has 0 saturated heterocycles. The zero-order valence-corrected chi connectivity index (χ0v) is 8.79. The molecule has 0 aliphatic heterocycles. The Bertz CT molecular complexity index is 347. The number of rotatable bonds is 5. The fourth-order valence-corrected chi connectivity index (χ4v) is 1.51. The van der Waals surface area contributed by atoms with Gasteiger partial charge in [0.25, 0.3) is 0 Å². The van der Waals surface area contributed by atoms with Crippen molar-refractivity contribution >= 4 is 5.97 Å². The molecule has 1 rings (SSSR count). The van der Waals surface area contributed by atoms with Gasteiger partial charge in [0.05, 0.1) is 0 Å². The van der Waals surface area contributed by atoms with Gasteiger partial charge < -0.3 is 5.11 Å². The Morgan fingerprint density at radius 3 is 2.80 bits per heavy atom. The fraction of sp³-hybridized carbons (Fsp3) is 0.417. The molecule has 1 aromatic rings. The number of carboxylic acid groups (broad SMARTS) is 1. The molecule has 0 radical (unpaired) electrons. The lowest BCUT2D eigenvalue weighted by molar-refractivity contribution is -0.137. The van der Waals surface area contributed by atoms with E-state index in [1.54, 1.807) is 6.07 Å². The Labute approximate surface area is 88.7 Å². The highest BCUT2D eigenvalue weighted by atomic mass is 19.1. The predicted octanol–water partition coefficient (Wildman–Crippen LogP) is 2.87. The summed E-state index contributed by atoms with van der Waals surface area (Å²) < 4.78 is 12.4. The summed E-state index contributed by atoms with van der Waals surface area (Å²) in [5.41, 5.74) is 2.80. The van der Waals surface area contributed by atoms with E-state index in [4.69, 9.17) is 5.11 Å². The SMILES string of the molecule is Cc1ccc(CF)cc1CCCC(=O)O. The Morgan fingerprint density at radius 2 is 2.20 bits per heavy atom. The van der Waals surface area contributed by atoms with E-state index in [0.717, 1.165) is 11.1 Å². The molecule has 0 fully saturated rings. The molecule has 1 N–H and O–H groups in total. The fourth-order valence-electron chi connectivity index (χ4n) is 1.51. The van der Waals surface area contributed by atoms with Gasteiger partial charge in [-0.2, -0.15) is 0 Å². The molecule has 2 nitrogen and oxygen atoms in total. The second-order valence-corrected chi connectivity index (χ2v) is 3.64. The van der Waals surface area contributed by atoms with E-state index in [-0.39, 0.29) is 6.42 Å². The van der Waals surface area contributed by atoms with Crippen LogP contribution < -0.4 is 0 Å². The van der Waals surface area contributed by atoms with Crippen LogP contribution in [0.1, 0.15) is 29.5 Å². The Balaban J connectivity index is 2.62. The summed E-state index contributed by atoms with van der Waals surface area (Å²) in [6.45, 7) is 1.49. The summed E-state index contributed by atoms with van der Waals surface area (Å²) in [7, 11) is 0. The lowest BCUT2D eigenvalue weighted by Crippen LogP contribution is -1.97. The van der Waals surface area contributed by atoms with Gasteiger partial charge in [-0.05, 0) is 36.5 Å². The zero-order chi connectivity index (χ0) is 11.3. The lowest BCUT2D eigenvalue weighted by atomic mass is 10.0. The number of carboxylic acids is 1. The third kappa shape index (κ3) is 3.70. The maximum absolute atomic E-state index is 12.4. The summed E-state index contributed by atoms with van der Waals surface area (Å²) in [6, 6.07) is 5.46. The molecule has 0 spiro atoms. The molecule has 0 aromatic heterocycles. The zero-order valence-electron chi connectivity index (χ0n) is 8.79. The average molecular weight is 210 g/mol. The van der Waals surface area contributed by atoms with Crippen molar-refractivity contribution in [2.45, 2.75) is 32.9 Å². The molecule has 0 heterocycles. The Hall–Kier alpha value is -1.38. The van der Waals surface area contributed by atoms with Crippen molar-refractivity contribution in [3.8, 4) is 0 Å². The van der Waals surface area contributed by atoms with Gasteiger partial charge in [0, 0.05) is 6.42 Å². The van der Waals surface area contributed by atoms with Crippen LogP contribution in [0, 0.1) is 6.92 Å². The topological polar surface area (TPSA) is 37.3 Å². The van der Waals surface area contributed by atoms with Crippen LogP contribution in [0.2, 0.25) is 0 Å². The van der Waals surface area contributed by atoms with Crippen molar-refractivity contribution in [3.05, 3.63) is 34.9 Å². The smallest absolute Gasteiger partial charge is 0.303 e. The number of benzene rings is 1. The lowest BCUT2D eigenvalue weighted by Gasteiger charge is -2.06. The number of aliphatic carboxylic acids is 1. The van der Waals surface area contributed by atoms with E-state index in [2.05, 4.69) is 0 Å². The van der Waals surface area contributed by atoms with Crippen molar-refractivity contribution in [1.82, 2.24) is 0 Å². The highest BCUT2D eigenvalue weighted by Crippen LogP contribution is 2.14. The Kier molecular flexibility index (Phi) is 4.28. The number of hydrogen-bond acceptors (Lipinski definition) is 1. The molecule has 0 bridgehead atoms. The first kappa shape index (κ1) is 11.7. The van der Waals surface area contributed by atoms with Gasteiger partial charge in [0.2, 0.25) is 0 Å². The van der Waals surface area contributed by atoms with Gasteiger partial charge in [0.15, 0.2) is 0 Å². The predicted molar refractivity (Wildman–Crippen MR) is 56.6 cm³/mol. The summed E-state index contributed by atoms with van der Waals surface area (Å²) in [6.07, 6.45) is 1.47. The first-order valence-electron chi connectivity index (χ1n) is 4.99. The molecule has 0 aliphatic carbocycles. The molecule has 0 amide bonds. The van der Waals surface area contributed by atoms with Crippen molar-refractivity contribution in [2.75, 3.05) is 0 Å². The first-order chi connectivity index (χ1) is 7.13. The third-order valence-corrected chi connectivity index (χ3v) is 2.40. The molecular formula is C12H15FO2. The molecule has 0 saturated carbocycles. The minimum absolute atomic E-state index is 0.166. The van der Waals surface area contributed by atoms with Crippen molar-refractivity contribution in [3.63, 3.8) is 0 Å². The van der Waals surface area contributed by atoms with E-state index < -0.39 is 12.6 Å². The van der Waals surface area contributed by atoms with Gasteiger partial charge >= 0.3 is 5.97 Å². The maximum atomic E-state index is 12.4. The van der Waals surface area contributed by atoms with Crippen LogP contribution in [-0.2, 0) is 17.9 Å². The molecule has 0 atom stereocenters. The van der Waals surface area contributed by atoms with E-state index in [9.17, 15) is 9.18 Å². The van der Waals surface area contributed by atoms with Gasteiger partial charge in [-0.25, -0.2) is 4.39 Å². The maximum Gasteiger partial charge on any atom is 0.303 e. The van der Waals surface area contributed by atoms with E-state index in [1.165, 1.54) is 0 Å². The van der Waals surface area contributed by atoms with Crippen LogP contribution >= 0.6 is 0 Å². The standard InChI is InChI=1S/C12H15FO2/c1-9-5-6-10(8-13)7-11(9)3-2-4-12(14)15/h5-7H,2-4,8H2,1H3,(H,14,15). The molecule has 0 aliphatic rings. The van der Waals surface area contributed by atoms with Crippen LogP contribution in [0.4, 0.5) is 4.39 Å². The number of alkyl halides is 1. The number of carbonyl (C=O) groups is 1. The van der Waals surface area contributed by atoms with Crippen LogP contribution in [-0.4, -0.2) is 11.1 Å².